The summed E-state index contributed by atoms with van der Waals surface area (Å²) in [5, 5.41) is 4.57. The lowest BCUT2D eigenvalue weighted by atomic mass is 10.1. The number of para-hydroxylation sites is 2. The summed E-state index contributed by atoms with van der Waals surface area (Å²) in [5.74, 6) is 0. The Hall–Kier alpha value is -4.37. The van der Waals surface area contributed by atoms with Crippen LogP contribution in [0.15, 0.2) is 115 Å². The number of benzene rings is 4. The number of hydrazone groups is 1. The Bertz CT molecular complexity index is 1360. The fourth-order valence-corrected chi connectivity index (χ4v) is 3.97. The molecule has 4 aromatic carbocycles. The lowest BCUT2D eigenvalue weighted by Crippen LogP contribution is -2.13. The Morgan fingerprint density at radius 1 is 0.771 bits per heavy atom. The molecule has 0 radical (unpaired) electrons. The van der Waals surface area contributed by atoms with E-state index in [1.165, 1.54) is 11.1 Å². The first kappa shape index (κ1) is 23.8. The number of nitrogens with zero attached hydrogens (tertiary/aromatic N) is 2. The van der Waals surface area contributed by atoms with Crippen molar-refractivity contribution >= 4 is 34.5 Å². The van der Waals surface area contributed by atoms with Gasteiger partial charge in [-0.25, -0.2) is 0 Å². The van der Waals surface area contributed by atoms with Crippen molar-refractivity contribution in [3.63, 3.8) is 0 Å². The van der Waals surface area contributed by atoms with E-state index in [9.17, 15) is 0 Å². The van der Waals surface area contributed by atoms with Gasteiger partial charge in [0.1, 0.15) is 0 Å². The Morgan fingerprint density at radius 2 is 1.37 bits per heavy atom. The van der Waals surface area contributed by atoms with Gasteiger partial charge in [0, 0.05) is 11.4 Å². The van der Waals surface area contributed by atoms with Crippen LogP contribution < -0.4 is 10.3 Å². The Labute approximate surface area is 208 Å². The molecule has 0 saturated heterocycles. The Balaban J connectivity index is 1.63. The molecular formula is C32H31N3. The molecule has 0 aliphatic rings. The lowest BCUT2D eigenvalue weighted by molar-refractivity contribution is 0.991. The molecule has 0 unspecified atom stereocenters. The summed E-state index contributed by atoms with van der Waals surface area (Å²) in [7, 11) is 0. The van der Waals surface area contributed by atoms with Crippen LogP contribution in [0.5, 0.6) is 0 Å². The molecule has 0 atom stereocenters. The van der Waals surface area contributed by atoms with E-state index in [0.717, 1.165) is 45.2 Å². The number of nitrogens with one attached hydrogen (secondary N) is 1. The number of hydrogen-bond acceptors (Lipinski definition) is 3. The van der Waals surface area contributed by atoms with Crippen molar-refractivity contribution in [3.8, 4) is 0 Å². The fraction of sp³-hybridized carbons (Fsp3) is 0.0938. The molecule has 0 aromatic heterocycles. The van der Waals surface area contributed by atoms with Crippen molar-refractivity contribution < 1.29 is 0 Å². The second-order valence-electron chi connectivity index (χ2n) is 8.59. The maximum Gasteiger partial charge on any atom is 0.0648 e. The molecule has 0 fully saturated rings. The molecule has 35 heavy (non-hydrogen) atoms. The average molecular weight is 458 g/mol. The van der Waals surface area contributed by atoms with Gasteiger partial charge in [0.25, 0.3) is 0 Å². The van der Waals surface area contributed by atoms with Crippen molar-refractivity contribution in [3.05, 3.63) is 138 Å². The minimum Gasteiger partial charge on any atom is -0.310 e. The summed E-state index contributed by atoms with van der Waals surface area (Å²) in [4.78, 5) is 2.28. The number of anilines is 3. The van der Waals surface area contributed by atoms with Gasteiger partial charge in [-0.3, -0.25) is 5.43 Å². The maximum atomic E-state index is 4.57. The number of hydrogen-bond donors (Lipinski definition) is 1. The molecule has 1 N–H and O–H groups in total. The first-order valence-electron chi connectivity index (χ1n) is 11.7. The zero-order valence-corrected chi connectivity index (χ0v) is 20.6. The zero-order valence-electron chi connectivity index (χ0n) is 20.6. The zero-order chi connectivity index (χ0) is 24.8. The fourth-order valence-electron chi connectivity index (χ4n) is 3.97. The highest BCUT2D eigenvalue weighted by atomic mass is 15.3. The SMILES string of the molecule is C=Cc1ccccc1N(c1ccc(/C(C)=N/NC(=C)c2ccc(C)cc2)cc1)c1ccccc1C. The molecule has 0 amide bonds. The standard InChI is InChI=1S/C32H31N3/c1-6-27-12-8-10-14-32(27)35(31-13-9-7-11-24(31)3)30-21-19-29(20-22-30)26(5)34-33-25(4)28-17-15-23(2)16-18-28/h6-22,33H,1,4H2,2-3,5H3/b34-26+. The van der Waals surface area contributed by atoms with E-state index in [-0.39, 0.29) is 0 Å². The van der Waals surface area contributed by atoms with Crippen molar-refractivity contribution in [2.45, 2.75) is 20.8 Å². The third-order valence-electron chi connectivity index (χ3n) is 6.06. The van der Waals surface area contributed by atoms with E-state index in [1.54, 1.807) is 0 Å². The van der Waals surface area contributed by atoms with Crippen molar-refractivity contribution in [1.29, 1.82) is 0 Å². The Kier molecular flexibility index (Phi) is 7.27. The largest absolute Gasteiger partial charge is 0.310 e. The van der Waals surface area contributed by atoms with Crippen LogP contribution in [0, 0.1) is 13.8 Å². The van der Waals surface area contributed by atoms with E-state index in [2.05, 4.69) is 121 Å². The maximum absolute atomic E-state index is 4.57. The normalized spacial score (nSPS) is 11.1. The van der Waals surface area contributed by atoms with E-state index in [0.29, 0.717) is 0 Å². The molecular weight excluding hydrogens is 426 g/mol. The molecule has 0 aliphatic heterocycles. The van der Waals surface area contributed by atoms with E-state index < -0.39 is 0 Å². The minimum absolute atomic E-state index is 0.771. The first-order valence-corrected chi connectivity index (χ1v) is 11.7. The summed E-state index contributed by atoms with van der Waals surface area (Å²) in [6.45, 7) is 14.3. The van der Waals surface area contributed by atoms with Gasteiger partial charge in [-0.1, -0.05) is 97.6 Å². The van der Waals surface area contributed by atoms with Crippen LogP contribution in [0.3, 0.4) is 0 Å². The molecule has 3 heteroatoms. The summed E-state index contributed by atoms with van der Waals surface area (Å²) in [5.41, 5.74) is 13.6. The van der Waals surface area contributed by atoms with Crippen LogP contribution in [0.2, 0.25) is 0 Å². The van der Waals surface area contributed by atoms with Crippen molar-refractivity contribution in [2.24, 2.45) is 5.10 Å². The summed E-state index contributed by atoms with van der Waals surface area (Å²) >= 11 is 0. The van der Waals surface area contributed by atoms with Gasteiger partial charge < -0.3 is 4.90 Å². The molecule has 3 nitrogen and oxygen atoms in total. The third kappa shape index (κ3) is 5.42. The monoisotopic (exact) mass is 457 g/mol. The van der Waals surface area contributed by atoms with Crippen molar-refractivity contribution in [1.82, 2.24) is 5.43 Å². The number of aryl methyl sites for hydroxylation is 2. The van der Waals surface area contributed by atoms with Crippen LogP contribution in [0.4, 0.5) is 17.1 Å². The first-order chi connectivity index (χ1) is 17.0. The van der Waals surface area contributed by atoms with Gasteiger partial charge in [0.05, 0.1) is 17.1 Å². The van der Waals surface area contributed by atoms with Crippen LogP contribution >= 0.6 is 0 Å². The predicted molar refractivity (Wildman–Crippen MR) is 152 cm³/mol. The molecule has 4 aromatic rings. The van der Waals surface area contributed by atoms with Gasteiger partial charge in [0.15, 0.2) is 0 Å². The van der Waals surface area contributed by atoms with E-state index in [1.807, 2.05) is 31.2 Å². The van der Waals surface area contributed by atoms with Crippen LogP contribution in [-0.4, -0.2) is 5.71 Å². The van der Waals surface area contributed by atoms with Gasteiger partial charge >= 0.3 is 0 Å². The molecule has 174 valence electrons. The summed E-state index contributed by atoms with van der Waals surface area (Å²) < 4.78 is 0. The van der Waals surface area contributed by atoms with Crippen LogP contribution in [0.25, 0.3) is 11.8 Å². The van der Waals surface area contributed by atoms with Gasteiger partial charge in [-0.2, -0.15) is 5.10 Å². The molecule has 4 rings (SSSR count). The smallest absolute Gasteiger partial charge is 0.0648 e. The van der Waals surface area contributed by atoms with Gasteiger partial charge in [0.2, 0.25) is 0 Å². The third-order valence-corrected chi connectivity index (χ3v) is 6.06. The summed E-state index contributed by atoms with van der Waals surface area (Å²) in [6, 6.07) is 33.5. The van der Waals surface area contributed by atoms with Gasteiger partial charge in [-0.05, 0) is 67.3 Å². The summed E-state index contributed by atoms with van der Waals surface area (Å²) in [6.07, 6.45) is 1.90. The molecule has 0 saturated carbocycles. The van der Waals surface area contributed by atoms with E-state index >= 15 is 0 Å². The number of rotatable bonds is 8. The highest BCUT2D eigenvalue weighted by Crippen LogP contribution is 2.38. The van der Waals surface area contributed by atoms with Crippen LogP contribution in [-0.2, 0) is 0 Å². The lowest BCUT2D eigenvalue weighted by Gasteiger charge is -2.28. The molecule has 0 heterocycles. The predicted octanol–water partition coefficient (Wildman–Crippen LogP) is 8.40. The molecule has 0 spiro atoms. The van der Waals surface area contributed by atoms with Gasteiger partial charge in [-0.15, -0.1) is 0 Å². The second kappa shape index (κ2) is 10.7. The van der Waals surface area contributed by atoms with Crippen LogP contribution in [0.1, 0.15) is 34.7 Å². The highest BCUT2D eigenvalue weighted by molar-refractivity contribution is 5.99. The quantitative estimate of drug-likeness (QED) is 0.212. The highest BCUT2D eigenvalue weighted by Gasteiger charge is 2.16. The minimum atomic E-state index is 0.771. The Morgan fingerprint density at radius 3 is 2.03 bits per heavy atom. The molecule has 0 bridgehead atoms. The average Bonchev–Trinajstić information content (AvgIpc) is 2.89. The van der Waals surface area contributed by atoms with E-state index in [4.69, 9.17) is 0 Å². The second-order valence-corrected chi connectivity index (χ2v) is 8.59. The van der Waals surface area contributed by atoms with Crippen molar-refractivity contribution in [2.75, 3.05) is 4.90 Å². The topological polar surface area (TPSA) is 27.6 Å². The molecule has 0 aliphatic carbocycles.